The molecular formula is C19H16N6O2. The van der Waals surface area contributed by atoms with Crippen molar-refractivity contribution in [2.75, 3.05) is 10.6 Å². The zero-order chi connectivity index (χ0) is 18.8. The molecule has 4 aromatic rings. The number of aromatic nitrogens is 4. The summed E-state index contributed by atoms with van der Waals surface area (Å²) in [5.74, 6) is 0.407. The molecule has 0 aliphatic carbocycles. The van der Waals surface area contributed by atoms with Gasteiger partial charge in [0.2, 0.25) is 0 Å². The molecule has 8 heteroatoms. The molecule has 8 nitrogen and oxygen atoms in total. The number of carbonyl (C=O) groups is 1. The number of anilines is 3. The van der Waals surface area contributed by atoms with Gasteiger partial charge in [-0.2, -0.15) is 5.10 Å². The lowest BCUT2D eigenvalue weighted by Gasteiger charge is -2.10. The molecule has 0 aliphatic rings. The minimum atomic E-state index is -0.270. The van der Waals surface area contributed by atoms with Crippen LogP contribution in [0.4, 0.5) is 17.3 Å². The number of hydrogen-bond donors (Lipinski definition) is 3. The van der Waals surface area contributed by atoms with Crippen LogP contribution in [0.1, 0.15) is 10.4 Å². The maximum Gasteiger partial charge on any atom is 0.293 e. The van der Waals surface area contributed by atoms with E-state index in [1.807, 2.05) is 24.3 Å². The highest BCUT2D eigenvalue weighted by Gasteiger charge is 2.10. The van der Waals surface area contributed by atoms with Crippen molar-refractivity contribution in [3.8, 4) is 0 Å². The van der Waals surface area contributed by atoms with E-state index in [1.165, 1.54) is 0 Å². The maximum absolute atomic E-state index is 12.5. The first kappa shape index (κ1) is 16.5. The van der Waals surface area contributed by atoms with Crippen LogP contribution in [0, 0.1) is 0 Å². The maximum atomic E-state index is 12.5. The SMILES string of the molecule is Cn1c(=O)c(Nc2ccc(C(=O)Nc3cc[nH]n3)cc2)nc2ccccc21. The molecule has 27 heavy (non-hydrogen) atoms. The van der Waals surface area contributed by atoms with Gasteiger partial charge in [0.1, 0.15) is 0 Å². The number of fused-ring (bicyclic) bond motifs is 1. The fourth-order valence-corrected chi connectivity index (χ4v) is 2.72. The summed E-state index contributed by atoms with van der Waals surface area (Å²) in [6, 6.07) is 15.9. The van der Waals surface area contributed by atoms with Crippen molar-refractivity contribution in [3.05, 3.63) is 76.7 Å². The van der Waals surface area contributed by atoms with E-state index in [2.05, 4.69) is 25.8 Å². The number of nitrogens with one attached hydrogen (secondary N) is 3. The summed E-state index contributed by atoms with van der Waals surface area (Å²) in [6.45, 7) is 0. The molecule has 3 N–H and O–H groups in total. The molecule has 1 amide bonds. The van der Waals surface area contributed by atoms with E-state index in [0.29, 0.717) is 17.1 Å². The molecule has 2 aromatic carbocycles. The highest BCUT2D eigenvalue weighted by Crippen LogP contribution is 2.16. The van der Waals surface area contributed by atoms with Gasteiger partial charge in [-0.25, -0.2) is 4.98 Å². The third-order valence-electron chi connectivity index (χ3n) is 4.13. The summed E-state index contributed by atoms with van der Waals surface area (Å²) in [6.07, 6.45) is 1.62. The Morgan fingerprint density at radius 2 is 1.85 bits per heavy atom. The minimum absolute atomic E-state index is 0.227. The van der Waals surface area contributed by atoms with Gasteiger partial charge < -0.3 is 15.2 Å². The van der Waals surface area contributed by atoms with Gasteiger partial charge in [-0.3, -0.25) is 14.7 Å². The third-order valence-corrected chi connectivity index (χ3v) is 4.13. The van der Waals surface area contributed by atoms with Crippen LogP contribution < -0.4 is 16.2 Å². The van der Waals surface area contributed by atoms with Gasteiger partial charge in [0.25, 0.3) is 11.5 Å². The Labute approximate surface area is 153 Å². The summed E-state index contributed by atoms with van der Waals surface area (Å²) >= 11 is 0. The lowest BCUT2D eigenvalue weighted by Crippen LogP contribution is -2.21. The number of H-pyrrole nitrogens is 1. The van der Waals surface area contributed by atoms with Crippen LogP contribution in [0.25, 0.3) is 11.0 Å². The zero-order valence-electron chi connectivity index (χ0n) is 14.4. The molecular weight excluding hydrogens is 344 g/mol. The fourth-order valence-electron chi connectivity index (χ4n) is 2.72. The fraction of sp³-hybridized carbons (Fsp3) is 0.0526. The highest BCUT2D eigenvalue weighted by molar-refractivity contribution is 6.03. The van der Waals surface area contributed by atoms with Crippen LogP contribution >= 0.6 is 0 Å². The Kier molecular flexibility index (Phi) is 4.13. The lowest BCUT2D eigenvalue weighted by atomic mass is 10.2. The Hall–Kier alpha value is -3.94. The van der Waals surface area contributed by atoms with Gasteiger partial charge in [-0.15, -0.1) is 0 Å². The summed E-state index contributed by atoms with van der Waals surface area (Å²) < 4.78 is 1.55. The number of para-hydroxylation sites is 2. The van der Waals surface area contributed by atoms with Crippen molar-refractivity contribution in [2.24, 2.45) is 7.05 Å². The standard InChI is InChI=1S/C19H16N6O2/c1-25-15-5-3-2-4-14(15)22-17(19(25)27)21-13-8-6-12(7-9-13)18(26)23-16-10-11-20-24-16/h2-11H,1H3,(H,21,22)(H2,20,23,24,26). The summed E-state index contributed by atoms with van der Waals surface area (Å²) in [5.41, 5.74) is 2.39. The highest BCUT2D eigenvalue weighted by atomic mass is 16.1. The van der Waals surface area contributed by atoms with E-state index in [4.69, 9.17) is 0 Å². The number of benzene rings is 2. The molecule has 0 fully saturated rings. The average molecular weight is 360 g/mol. The second kappa shape index (κ2) is 6.75. The van der Waals surface area contributed by atoms with E-state index in [0.717, 1.165) is 11.0 Å². The molecule has 4 rings (SSSR count). The number of aromatic amines is 1. The Balaban J connectivity index is 1.57. The zero-order valence-corrected chi connectivity index (χ0v) is 14.4. The van der Waals surface area contributed by atoms with Crippen molar-refractivity contribution < 1.29 is 4.79 Å². The molecule has 0 saturated heterocycles. The molecule has 2 heterocycles. The van der Waals surface area contributed by atoms with Crippen molar-refractivity contribution in [2.45, 2.75) is 0 Å². The minimum Gasteiger partial charge on any atom is -0.336 e. The van der Waals surface area contributed by atoms with E-state index in [1.54, 1.807) is 48.1 Å². The number of carbonyl (C=O) groups excluding carboxylic acids is 1. The molecule has 0 atom stereocenters. The van der Waals surface area contributed by atoms with Crippen LogP contribution in [-0.2, 0) is 7.05 Å². The summed E-state index contributed by atoms with van der Waals surface area (Å²) in [5, 5.41) is 12.2. The van der Waals surface area contributed by atoms with Gasteiger partial charge >= 0.3 is 0 Å². The monoisotopic (exact) mass is 360 g/mol. The Morgan fingerprint density at radius 3 is 2.59 bits per heavy atom. The van der Waals surface area contributed by atoms with E-state index < -0.39 is 0 Å². The predicted molar refractivity (Wildman–Crippen MR) is 103 cm³/mol. The molecule has 0 saturated carbocycles. The second-order valence-electron chi connectivity index (χ2n) is 5.93. The lowest BCUT2D eigenvalue weighted by molar-refractivity contribution is 0.102. The van der Waals surface area contributed by atoms with Gasteiger partial charge in [0.05, 0.1) is 11.0 Å². The molecule has 0 radical (unpaired) electrons. The van der Waals surface area contributed by atoms with E-state index in [9.17, 15) is 9.59 Å². The van der Waals surface area contributed by atoms with Crippen LogP contribution in [0.15, 0.2) is 65.6 Å². The van der Waals surface area contributed by atoms with Crippen molar-refractivity contribution in [3.63, 3.8) is 0 Å². The number of hydrogen-bond acceptors (Lipinski definition) is 5. The number of rotatable bonds is 4. The van der Waals surface area contributed by atoms with Crippen molar-refractivity contribution in [1.29, 1.82) is 0 Å². The molecule has 0 spiro atoms. The van der Waals surface area contributed by atoms with Gasteiger partial charge in [0, 0.05) is 30.6 Å². The van der Waals surface area contributed by atoms with Gasteiger partial charge in [0.15, 0.2) is 11.6 Å². The van der Waals surface area contributed by atoms with E-state index in [-0.39, 0.29) is 17.3 Å². The van der Waals surface area contributed by atoms with Crippen LogP contribution in [-0.4, -0.2) is 25.7 Å². The normalized spacial score (nSPS) is 10.7. The molecule has 134 valence electrons. The van der Waals surface area contributed by atoms with Crippen molar-refractivity contribution >= 4 is 34.3 Å². The second-order valence-corrected chi connectivity index (χ2v) is 5.93. The van der Waals surface area contributed by atoms with E-state index >= 15 is 0 Å². The number of aryl methyl sites for hydroxylation is 1. The largest absolute Gasteiger partial charge is 0.336 e. The Morgan fingerprint density at radius 1 is 1.07 bits per heavy atom. The van der Waals surface area contributed by atoms with Crippen LogP contribution in [0.2, 0.25) is 0 Å². The predicted octanol–water partition coefficient (Wildman–Crippen LogP) is 2.65. The summed E-state index contributed by atoms with van der Waals surface area (Å²) in [7, 11) is 1.71. The average Bonchev–Trinajstić information content (AvgIpc) is 3.19. The van der Waals surface area contributed by atoms with Crippen LogP contribution in [0.3, 0.4) is 0 Å². The third kappa shape index (κ3) is 3.28. The van der Waals surface area contributed by atoms with Crippen LogP contribution in [0.5, 0.6) is 0 Å². The molecule has 0 bridgehead atoms. The molecule has 0 unspecified atom stereocenters. The first-order valence-corrected chi connectivity index (χ1v) is 8.26. The van der Waals surface area contributed by atoms with Gasteiger partial charge in [-0.1, -0.05) is 12.1 Å². The summed E-state index contributed by atoms with van der Waals surface area (Å²) in [4.78, 5) is 29.1. The number of nitrogens with zero attached hydrogens (tertiary/aromatic N) is 3. The Bertz CT molecular complexity index is 1160. The smallest absolute Gasteiger partial charge is 0.293 e. The molecule has 2 aromatic heterocycles. The molecule has 0 aliphatic heterocycles. The van der Waals surface area contributed by atoms with Gasteiger partial charge in [-0.05, 0) is 36.4 Å². The quantitative estimate of drug-likeness (QED) is 0.519. The first-order chi connectivity index (χ1) is 13.1. The number of amides is 1. The topological polar surface area (TPSA) is 105 Å². The first-order valence-electron chi connectivity index (χ1n) is 8.26. The van der Waals surface area contributed by atoms with Crippen molar-refractivity contribution in [1.82, 2.24) is 19.7 Å².